The zero-order valence-corrected chi connectivity index (χ0v) is 19.5. The third-order valence-corrected chi connectivity index (χ3v) is 7.01. The van der Waals surface area contributed by atoms with Gasteiger partial charge in [0.1, 0.15) is 11.6 Å². The standard InChI is InChI=1S/C27H29N7O/c35-27(31-26-21-12-7-13-23(21)32-34(26)20-10-5-2-6-11-20)30-24-17-33(18-25-28-14-15-29-25)16-22(24)19-8-3-1-4-9-19/h1-6,8-11,14-15,22,24H,7,12-13,16-18H2,(H,28,29)(H2,30,31,35)/t22?,24-/m1/s1. The molecule has 178 valence electrons. The Morgan fingerprint density at radius 1 is 1.03 bits per heavy atom. The lowest BCUT2D eigenvalue weighted by molar-refractivity contribution is 0.246. The molecule has 2 aliphatic rings. The van der Waals surface area contributed by atoms with E-state index in [9.17, 15) is 4.79 Å². The van der Waals surface area contributed by atoms with E-state index in [-0.39, 0.29) is 18.0 Å². The highest BCUT2D eigenvalue weighted by Gasteiger charge is 2.35. The molecular formula is C27H29N7O. The zero-order chi connectivity index (χ0) is 23.6. The molecule has 6 rings (SSSR count). The predicted molar refractivity (Wildman–Crippen MR) is 135 cm³/mol. The number of nitrogens with one attached hydrogen (secondary N) is 3. The molecule has 1 fully saturated rings. The summed E-state index contributed by atoms with van der Waals surface area (Å²) in [5.41, 5.74) is 4.41. The van der Waals surface area contributed by atoms with Gasteiger partial charge in [0.2, 0.25) is 0 Å². The number of H-pyrrole nitrogens is 1. The van der Waals surface area contributed by atoms with Crippen LogP contribution in [0.1, 0.15) is 35.0 Å². The van der Waals surface area contributed by atoms with Crippen LogP contribution in [-0.4, -0.2) is 49.8 Å². The first-order valence-electron chi connectivity index (χ1n) is 12.2. The van der Waals surface area contributed by atoms with Crippen molar-refractivity contribution in [2.75, 3.05) is 18.4 Å². The van der Waals surface area contributed by atoms with Gasteiger partial charge in [-0.25, -0.2) is 14.5 Å². The van der Waals surface area contributed by atoms with E-state index in [0.29, 0.717) is 0 Å². The number of rotatable bonds is 6. The summed E-state index contributed by atoms with van der Waals surface area (Å²) in [4.78, 5) is 23.3. The highest BCUT2D eigenvalue weighted by atomic mass is 16.2. The van der Waals surface area contributed by atoms with Gasteiger partial charge in [-0.2, -0.15) is 5.10 Å². The van der Waals surface area contributed by atoms with E-state index < -0.39 is 0 Å². The van der Waals surface area contributed by atoms with E-state index in [1.807, 2.05) is 47.3 Å². The first kappa shape index (κ1) is 21.6. The van der Waals surface area contributed by atoms with Crippen LogP contribution in [0.2, 0.25) is 0 Å². The van der Waals surface area contributed by atoms with Crippen LogP contribution >= 0.6 is 0 Å². The fourth-order valence-corrected chi connectivity index (χ4v) is 5.38. The molecule has 2 amide bonds. The topological polar surface area (TPSA) is 90.9 Å². The van der Waals surface area contributed by atoms with E-state index >= 15 is 0 Å². The molecule has 0 bridgehead atoms. The number of imidazole rings is 1. The number of hydrogen-bond donors (Lipinski definition) is 3. The maximum absolute atomic E-state index is 13.3. The molecule has 1 saturated heterocycles. The monoisotopic (exact) mass is 467 g/mol. The maximum Gasteiger partial charge on any atom is 0.320 e. The molecule has 4 aromatic rings. The van der Waals surface area contributed by atoms with E-state index in [2.05, 4.69) is 49.8 Å². The number of amides is 2. The van der Waals surface area contributed by atoms with Crippen molar-refractivity contribution < 1.29 is 4.79 Å². The molecule has 8 nitrogen and oxygen atoms in total. The predicted octanol–water partition coefficient (Wildman–Crippen LogP) is 3.87. The molecule has 1 unspecified atom stereocenters. The van der Waals surface area contributed by atoms with Crippen molar-refractivity contribution in [1.29, 1.82) is 0 Å². The van der Waals surface area contributed by atoms with Crippen molar-refractivity contribution in [3.8, 4) is 5.69 Å². The first-order chi connectivity index (χ1) is 17.2. The highest BCUT2D eigenvalue weighted by molar-refractivity contribution is 5.90. The van der Waals surface area contributed by atoms with E-state index in [0.717, 1.165) is 67.5 Å². The summed E-state index contributed by atoms with van der Waals surface area (Å²) in [6, 6.07) is 20.2. The van der Waals surface area contributed by atoms with Crippen molar-refractivity contribution in [2.24, 2.45) is 0 Å². The van der Waals surface area contributed by atoms with E-state index in [1.54, 1.807) is 6.20 Å². The van der Waals surface area contributed by atoms with Gasteiger partial charge in [-0.3, -0.25) is 10.2 Å². The summed E-state index contributed by atoms with van der Waals surface area (Å²) >= 11 is 0. The summed E-state index contributed by atoms with van der Waals surface area (Å²) < 4.78 is 1.87. The van der Waals surface area contributed by atoms with Crippen LogP contribution in [0.3, 0.4) is 0 Å². The molecule has 3 heterocycles. The van der Waals surface area contributed by atoms with Crippen LogP contribution in [0.5, 0.6) is 0 Å². The van der Waals surface area contributed by atoms with Gasteiger partial charge >= 0.3 is 6.03 Å². The van der Waals surface area contributed by atoms with Crippen LogP contribution in [-0.2, 0) is 19.4 Å². The Morgan fingerprint density at radius 3 is 2.60 bits per heavy atom. The number of aryl methyl sites for hydroxylation is 1. The van der Waals surface area contributed by atoms with Gasteiger partial charge in [0.25, 0.3) is 0 Å². The largest absolute Gasteiger partial charge is 0.348 e. The summed E-state index contributed by atoms with van der Waals surface area (Å²) in [5, 5.41) is 11.3. The van der Waals surface area contributed by atoms with Crippen molar-refractivity contribution >= 4 is 11.8 Å². The van der Waals surface area contributed by atoms with Crippen molar-refractivity contribution in [3.05, 3.63) is 95.7 Å². The number of likely N-dealkylation sites (tertiary alicyclic amines) is 1. The minimum Gasteiger partial charge on any atom is -0.348 e. The summed E-state index contributed by atoms with van der Waals surface area (Å²) in [7, 11) is 0. The molecule has 0 radical (unpaired) electrons. The number of benzene rings is 2. The lowest BCUT2D eigenvalue weighted by atomic mass is 9.94. The number of anilines is 1. The van der Waals surface area contributed by atoms with Crippen LogP contribution in [0, 0.1) is 0 Å². The fourth-order valence-electron chi connectivity index (χ4n) is 5.38. The van der Waals surface area contributed by atoms with Gasteiger partial charge in [0.05, 0.1) is 24.0 Å². The van der Waals surface area contributed by atoms with Crippen LogP contribution < -0.4 is 10.6 Å². The highest BCUT2D eigenvalue weighted by Crippen LogP contribution is 2.32. The fraction of sp³-hybridized carbons (Fsp3) is 0.296. The Kier molecular flexibility index (Phi) is 5.79. The lowest BCUT2D eigenvalue weighted by Gasteiger charge is -2.21. The Bertz CT molecular complexity index is 1280. The molecular weight excluding hydrogens is 438 g/mol. The third kappa shape index (κ3) is 4.44. The summed E-state index contributed by atoms with van der Waals surface area (Å²) in [6.45, 7) is 2.33. The second-order valence-corrected chi connectivity index (χ2v) is 9.33. The number of carbonyl (C=O) groups is 1. The molecule has 2 atom stereocenters. The van der Waals surface area contributed by atoms with Crippen LogP contribution in [0.15, 0.2) is 73.1 Å². The number of aromatic nitrogens is 4. The van der Waals surface area contributed by atoms with Gasteiger partial charge in [-0.05, 0) is 37.0 Å². The second-order valence-electron chi connectivity index (χ2n) is 9.33. The van der Waals surface area contributed by atoms with Crippen molar-refractivity contribution in [2.45, 2.75) is 37.8 Å². The molecule has 2 aromatic carbocycles. The number of nitrogens with zero attached hydrogens (tertiary/aromatic N) is 4. The number of fused-ring (bicyclic) bond motifs is 1. The Labute approximate surface area is 204 Å². The number of aromatic amines is 1. The zero-order valence-electron chi connectivity index (χ0n) is 19.5. The van der Waals surface area contributed by atoms with Gasteiger partial charge in [-0.1, -0.05) is 48.5 Å². The Balaban J connectivity index is 1.22. The van der Waals surface area contributed by atoms with Gasteiger partial charge in [-0.15, -0.1) is 0 Å². The summed E-state index contributed by atoms with van der Waals surface area (Å²) in [6.07, 6.45) is 6.58. The first-order valence-corrected chi connectivity index (χ1v) is 12.2. The van der Waals surface area contributed by atoms with Gasteiger partial charge < -0.3 is 10.3 Å². The SMILES string of the molecule is O=C(Nc1c2c(nn1-c1ccccc1)CCC2)N[C@@H]1CN(Cc2ncc[nH]2)CC1c1ccccc1. The number of urea groups is 1. The molecule has 2 aromatic heterocycles. The minimum absolute atomic E-state index is 0.0199. The molecule has 0 saturated carbocycles. The molecule has 3 N–H and O–H groups in total. The second kappa shape index (κ2) is 9.38. The molecule has 0 spiro atoms. The minimum atomic E-state index is -0.192. The van der Waals surface area contributed by atoms with Gasteiger partial charge in [0, 0.05) is 37.0 Å². The quantitative estimate of drug-likeness (QED) is 0.401. The lowest BCUT2D eigenvalue weighted by Crippen LogP contribution is -2.42. The van der Waals surface area contributed by atoms with Crippen LogP contribution in [0.4, 0.5) is 10.6 Å². The maximum atomic E-state index is 13.3. The van der Waals surface area contributed by atoms with E-state index in [4.69, 9.17) is 5.10 Å². The number of hydrogen-bond acceptors (Lipinski definition) is 4. The molecule has 8 heteroatoms. The third-order valence-electron chi connectivity index (χ3n) is 7.01. The Morgan fingerprint density at radius 2 is 1.83 bits per heavy atom. The summed E-state index contributed by atoms with van der Waals surface area (Å²) in [5.74, 6) is 1.91. The average Bonchev–Trinajstić information content (AvgIpc) is 3.67. The van der Waals surface area contributed by atoms with Crippen molar-refractivity contribution in [3.63, 3.8) is 0 Å². The van der Waals surface area contributed by atoms with Gasteiger partial charge in [0.15, 0.2) is 0 Å². The molecule has 35 heavy (non-hydrogen) atoms. The van der Waals surface area contributed by atoms with Crippen LogP contribution in [0.25, 0.3) is 5.69 Å². The number of carbonyl (C=O) groups excluding carboxylic acids is 1. The van der Waals surface area contributed by atoms with E-state index in [1.165, 1.54) is 5.56 Å². The normalized spacial score (nSPS) is 19.5. The molecule has 1 aliphatic carbocycles. The Hall–Kier alpha value is -3.91. The molecule has 1 aliphatic heterocycles. The smallest absolute Gasteiger partial charge is 0.320 e. The number of para-hydroxylation sites is 1. The average molecular weight is 468 g/mol. The van der Waals surface area contributed by atoms with Crippen molar-refractivity contribution in [1.82, 2.24) is 30.0 Å².